The van der Waals surface area contributed by atoms with E-state index in [1.165, 1.54) is 21.2 Å². The lowest BCUT2D eigenvalue weighted by Gasteiger charge is -2.06. The molecular formula is C18H16Br2. The zero-order valence-electron chi connectivity index (χ0n) is 11.1. The first kappa shape index (κ1) is 15.3. The Kier molecular flexibility index (Phi) is 6.28. The van der Waals surface area contributed by atoms with Gasteiger partial charge in [-0.2, -0.15) is 0 Å². The fourth-order valence-corrected chi connectivity index (χ4v) is 3.34. The van der Waals surface area contributed by atoms with E-state index < -0.39 is 0 Å². The third kappa shape index (κ3) is 4.46. The lowest BCUT2D eigenvalue weighted by molar-refractivity contribution is 1.25. The molecule has 0 fully saturated rings. The van der Waals surface area contributed by atoms with Crippen molar-refractivity contribution in [3.8, 4) is 0 Å². The van der Waals surface area contributed by atoms with Gasteiger partial charge in [0, 0.05) is 9.81 Å². The molecule has 2 rings (SSSR count). The van der Waals surface area contributed by atoms with E-state index in [1.54, 1.807) is 0 Å². The highest BCUT2D eigenvalue weighted by Crippen LogP contribution is 2.28. The molecule has 0 saturated carbocycles. The van der Waals surface area contributed by atoms with Crippen molar-refractivity contribution in [3.05, 3.63) is 83.4 Å². The molecule has 2 aromatic carbocycles. The van der Waals surface area contributed by atoms with Crippen molar-refractivity contribution in [2.45, 2.75) is 6.42 Å². The van der Waals surface area contributed by atoms with E-state index in [2.05, 4.69) is 92.5 Å². The maximum Gasteiger partial charge on any atom is 0.0259 e. The van der Waals surface area contributed by atoms with Gasteiger partial charge in [0.1, 0.15) is 0 Å². The quantitative estimate of drug-likeness (QED) is 0.525. The molecule has 2 heteroatoms. The summed E-state index contributed by atoms with van der Waals surface area (Å²) < 4.78 is 1.17. The molecule has 0 aromatic heterocycles. The average Bonchev–Trinajstić information content (AvgIpc) is 2.53. The summed E-state index contributed by atoms with van der Waals surface area (Å²) in [5, 5.41) is 0.863. The van der Waals surface area contributed by atoms with Crippen LogP contribution in [0.3, 0.4) is 0 Å². The zero-order chi connectivity index (χ0) is 14.2. The van der Waals surface area contributed by atoms with Crippen LogP contribution >= 0.6 is 31.9 Å². The summed E-state index contributed by atoms with van der Waals surface area (Å²) >= 11 is 7.29. The second-order valence-corrected chi connectivity index (χ2v) is 5.79. The summed E-state index contributed by atoms with van der Waals surface area (Å²) in [4.78, 5) is 0. The topological polar surface area (TPSA) is 0 Å². The van der Waals surface area contributed by atoms with Crippen LogP contribution in [0.4, 0.5) is 0 Å². The van der Waals surface area contributed by atoms with Crippen LogP contribution in [0.25, 0.3) is 10.6 Å². The molecule has 2 aromatic rings. The average molecular weight is 392 g/mol. The van der Waals surface area contributed by atoms with Crippen molar-refractivity contribution in [2.75, 3.05) is 5.33 Å². The van der Waals surface area contributed by atoms with Gasteiger partial charge in [-0.15, -0.1) is 0 Å². The molecule has 0 aliphatic carbocycles. The van der Waals surface area contributed by atoms with Gasteiger partial charge in [-0.1, -0.05) is 105 Å². The van der Waals surface area contributed by atoms with E-state index in [-0.39, 0.29) is 0 Å². The van der Waals surface area contributed by atoms with Gasteiger partial charge in [-0.3, -0.25) is 0 Å². The molecule has 0 heterocycles. The van der Waals surface area contributed by atoms with Crippen molar-refractivity contribution in [3.63, 3.8) is 0 Å². The van der Waals surface area contributed by atoms with Gasteiger partial charge in [0.15, 0.2) is 0 Å². The largest absolute Gasteiger partial charge is 0.0879 e. The first-order valence-corrected chi connectivity index (χ1v) is 8.43. The highest BCUT2D eigenvalue weighted by molar-refractivity contribution is 9.15. The number of hydrogen-bond acceptors (Lipinski definition) is 0. The van der Waals surface area contributed by atoms with Gasteiger partial charge in [0.2, 0.25) is 0 Å². The van der Waals surface area contributed by atoms with Crippen molar-refractivity contribution in [1.82, 2.24) is 0 Å². The predicted molar refractivity (Wildman–Crippen MR) is 96.2 cm³/mol. The van der Waals surface area contributed by atoms with Gasteiger partial charge < -0.3 is 0 Å². The Morgan fingerprint density at radius 3 is 2.10 bits per heavy atom. The van der Waals surface area contributed by atoms with Crippen LogP contribution in [0.15, 0.2) is 72.3 Å². The molecule has 0 atom stereocenters. The van der Waals surface area contributed by atoms with Crippen LogP contribution in [0.1, 0.15) is 17.5 Å². The van der Waals surface area contributed by atoms with Crippen LogP contribution in [-0.4, -0.2) is 5.33 Å². The molecule has 20 heavy (non-hydrogen) atoms. The Bertz CT molecular complexity index is 583. The molecular weight excluding hydrogens is 376 g/mol. The fraction of sp³-hybridized carbons (Fsp3) is 0.111. The minimum absolute atomic E-state index is 0.863. The highest BCUT2D eigenvalue weighted by Gasteiger charge is 2.03. The number of hydrogen-bond donors (Lipinski definition) is 0. The predicted octanol–water partition coefficient (Wildman–Crippen LogP) is 6.29. The molecule has 0 saturated heterocycles. The minimum atomic E-state index is 0.863. The number of halogens is 2. The summed E-state index contributed by atoms with van der Waals surface area (Å²) in [6.45, 7) is 0. The molecule has 0 aliphatic heterocycles. The van der Waals surface area contributed by atoms with Crippen LogP contribution in [0, 0.1) is 0 Å². The summed E-state index contributed by atoms with van der Waals surface area (Å²) in [6.07, 6.45) is 5.29. The SMILES string of the molecule is BrCC(CC=Cc1ccccc1)=C(Br)c1ccccc1. The maximum absolute atomic E-state index is 3.71. The van der Waals surface area contributed by atoms with Gasteiger partial charge in [-0.05, 0) is 23.1 Å². The van der Waals surface area contributed by atoms with Crippen LogP contribution < -0.4 is 0 Å². The second kappa shape index (κ2) is 8.23. The van der Waals surface area contributed by atoms with E-state index in [0.717, 1.165) is 11.8 Å². The third-order valence-corrected chi connectivity index (χ3v) is 4.67. The maximum atomic E-state index is 3.71. The number of benzene rings is 2. The van der Waals surface area contributed by atoms with Gasteiger partial charge in [-0.25, -0.2) is 0 Å². The molecule has 0 amide bonds. The summed E-state index contributed by atoms with van der Waals surface area (Å²) in [5.41, 5.74) is 3.79. The van der Waals surface area contributed by atoms with Crippen molar-refractivity contribution in [1.29, 1.82) is 0 Å². The van der Waals surface area contributed by atoms with Gasteiger partial charge >= 0.3 is 0 Å². The number of rotatable bonds is 5. The van der Waals surface area contributed by atoms with E-state index in [9.17, 15) is 0 Å². The normalized spacial score (nSPS) is 12.5. The highest BCUT2D eigenvalue weighted by atomic mass is 79.9. The van der Waals surface area contributed by atoms with E-state index >= 15 is 0 Å². The van der Waals surface area contributed by atoms with Crippen molar-refractivity contribution in [2.24, 2.45) is 0 Å². The Morgan fingerprint density at radius 1 is 0.900 bits per heavy atom. The molecule has 0 spiro atoms. The van der Waals surface area contributed by atoms with Crippen molar-refractivity contribution >= 4 is 42.4 Å². The fourth-order valence-electron chi connectivity index (χ4n) is 1.89. The van der Waals surface area contributed by atoms with Crippen LogP contribution in [0.5, 0.6) is 0 Å². The first-order valence-electron chi connectivity index (χ1n) is 6.51. The molecule has 0 N–H and O–H groups in total. The summed E-state index contributed by atoms with van der Waals surface area (Å²) in [7, 11) is 0. The summed E-state index contributed by atoms with van der Waals surface area (Å²) in [5.74, 6) is 0. The Hall–Kier alpha value is -1.12. The standard InChI is InChI=1S/C18H16Br2/c19-14-17(18(20)16-11-5-2-6-12-16)13-7-10-15-8-3-1-4-9-15/h1-12H,13-14H2. The molecule has 0 nitrogen and oxygen atoms in total. The molecule has 0 aliphatic rings. The first-order chi connectivity index (χ1) is 9.81. The minimum Gasteiger partial charge on any atom is -0.0879 e. The summed E-state index contributed by atoms with van der Waals surface area (Å²) in [6, 6.07) is 20.8. The van der Waals surface area contributed by atoms with Crippen LogP contribution in [-0.2, 0) is 0 Å². The third-order valence-electron chi connectivity index (χ3n) is 2.97. The molecule has 0 bridgehead atoms. The lowest BCUT2D eigenvalue weighted by Crippen LogP contribution is -1.87. The zero-order valence-corrected chi connectivity index (χ0v) is 14.3. The van der Waals surface area contributed by atoms with Crippen molar-refractivity contribution < 1.29 is 0 Å². The smallest absolute Gasteiger partial charge is 0.0259 e. The Morgan fingerprint density at radius 2 is 1.50 bits per heavy atom. The van der Waals surface area contributed by atoms with Gasteiger partial charge in [0.25, 0.3) is 0 Å². The van der Waals surface area contributed by atoms with Crippen LogP contribution in [0.2, 0.25) is 0 Å². The van der Waals surface area contributed by atoms with Gasteiger partial charge in [0.05, 0.1) is 0 Å². The molecule has 0 unspecified atom stereocenters. The molecule has 102 valence electrons. The lowest BCUT2D eigenvalue weighted by atomic mass is 10.1. The molecule has 0 radical (unpaired) electrons. The van der Waals surface area contributed by atoms with E-state index in [0.29, 0.717) is 0 Å². The Labute approximate surface area is 137 Å². The van der Waals surface area contributed by atoms with E-state index in [4.69, 9.17) is 0 Å². The number of allylic oxidation sites excluding steroid dienone is 2. The monoisotopic (exact) mass is 390 g/mol. The van der Waals surface area contributed by atoms with E-state index in [1.807, 2.05) is 12.1 Å². The number of alkyl halides is 1. The second-order valence-electron chi connectivity index (χ2n) is 4.43. The Balaban J connectivity index is 2.11.